The summed E-state index contributed by atoms with van der Waals surface area (Å²) in [6.07, 6.45) is -7.17. The van der Waals surface area contributed by atoms with E-state index < -0.39 is 52.7 Å². The van der Waals surface area contributed by atoms with Gasteiger partial charge in [0.25, 0.3) is 0 Å². The number of nitrogens with two attached hydrogens (primary N) is 1. The van der Waals surface area contributed by atoms with Crippen LogP contribution in [0.2, 0.25) is 0 Å². The molecular formula is C9H15F3N2O5S. The van der Waals surface area contributed by atoms with Crippen LogP contribution in [0.15, 0.2) is 0 Å². The molecule has 0 aromatic carbocycles. The highest BCUT2D eigenvalue weighted by molar-refractivity contribution is 7.89. The third kappa shape index (κ3) is 9.55. The molecule has 0 fully saturated rings. The van der Waals surface area contributed by atoms with Gasteiger partial charge in [-0.3, -0.25) is 9.59 Å². The van der Waals surface area contributed by atoms with Crippen molar-refractivity contribution in [2.24, 2.45) is 5.73 Å². The summed E-state index contributed by atoms with van der Waals surface area (Å²) in [5.74, 6) is -3.20. The predicted molar refractivity (Wildman–Crippen MR) is 62.1 cm³/mol. The van der Waals surface area contributed by atoms with Crippen LogP contribution in [0.4, 0.5) is 13.2 Å². The van der Waals surface area contributed by atoms with E-state index in [0.29, 0.717) is 0 Å². The number of carbonyl (C=O) groups is 2. The first-order valence-corrected chi connectivity index (χ1v) is 7.16. The van der Waals surface area contributed by atoms with Crippen LogP contribution < -0.4 is 10.5 Å². The molecule has 1 unspecified atom stereocenters. The van der Waals surface area contributed by atoms with Gasteiger partial charge in [-0.25, -0.2) is 13.1 Å². The normalized spacial score (nSPS) is 13.9. The second-order valence-electron chi connectivity index (χ2n) is 4.05. The zero-order chi connectivity index (χ0) is 16.0. The van der Waals surface area contributed by atoms with Crippen molar-refractivity contribution in [2.75, 3.05) is 5.75 Å². The molecule has 0 aromatic rings. The second-order valence-corrected chi connectivity index (χ2v) is 5.92. The van der Waals surface area contributed by atoms with E-state index in [9.17, 15) is 31.2 Å². The van der Waals surface area contributed by atoms with Crippen LogP contribution in [0.25, 0.3) is 0 Å². The lowest BCUT2D eigenvalue weighted by atomic mass is 10.2. The average Bonchev–Trinajstić information content (AvgIpc) is 2.21. The highest BCUT2D eigenvalue weighted by Gasteiger charge is 2.29. The number of primary amides is 1. The van der Waals surface area contributed by atoms with E-state index in [1.54, 1.807) is 4.72 Å². The van der Waals surface area contributed by atoms with E-state index in [0.717, 1.165) is 0 Å². The summed E-state index contributed by atoms with van der Waals surface area (Å²) < 4.78 is 60.2. The fourth-order valence-corrected chi connectivity index (χ4v) is 2.55. The predicted octanol–water partition coefficient (Wildman–Crippen LogP) is -0.0330. The van der Waals surface area contributed by atoms with Gasteiger partial charge in [0.1, 0.15) is 6.04 Å². The quantitative estimate of drug-likeness (QED) is 0.550. The third-order valence-electron chi connectivity index (χ3n) is 2.17. The Morgan fingerprint density at radius 2 is 1.85 bits per heavy atom. The number of nitrogens with one attached hydrogen (secondary N) is 1. The van der Waals surface area contributed by atoms with Crippen LogP contribution in [0.3, 0.4) is 0 Å². The molecule has 1 atom stereocenters. The van der Waals surface area contributed by atoms with Gasteiger partial charge in [-0.15, -0.1) is 0 Å². The van der Waals surface area contributed by atoms with Crippen LogP contribution in [-0.2, 0) is 19.6 Å². The lowest BCUT2D eigenvalue weighted by molar-refractivity contribution is -0.139. The van der Waals surface area contributed by atoms with Crippen molar-refractivity contribution < 1.29 is 36.3 Å². The van der Waals surface area contributed by atoms with Crippen LogP contribution in [-0.4, -0.2) is 43.4 Å². The molecular weight excluding hydrogens is 305 g/mol. The second kappa shape index (κ2) is 7.43. The molecule has 0 aliphatic carbocycles. The largest absolute Gasteiger partial charge is 0.480 e. The Hall–Kier alpha value is -1.36. The molecule has 0 rings (SSSR count). The summed E-state index contributed by atoms with van der Waals surface area (Å²) in [5.41, 5.74) is 4.80. The molecule has 0 saturated carbocycles. The average molecular weight is 320 g/mol. The maximum atomic E-state index is 11.9. The van der Waals surface area contributed by atoms with Gasteiger partial charge in [-0.2, -0.15) is 13.2 Å². The van der Waals surface area contributed by atoms with Gasteiger partial charge in [0, 0.05) is 12.8 Å². The van der Waals surface area contributed by atoms with Crippen molar-refractivity contribution in [3.05, 3.63) is 0 Å². The third-order valence-corrected chi connectivity index (χ3v) is 3.64. The van der Waals surface area contributed by atoms with Gasteiger partial charge in [0.15, 0.2) is 0 Å². The molecule has 0 bridgehead atoms. The van der Waals surface area contributed by atoms with Gasteiger partial charge in [-0.05, 0) is 12.8 Å². The molecule has 0 radical (unpaired) electrons. The summed E-state index contributed by atoms with van der Waals surface area (Å²) in [5, 5.41) is 8.75. The molecule has 20 heavy (non-hydrogen) atoms. The Labute approximate surface area is 113 Å². The molecule has 0 aromatic heterocycles. The molecule has 11 heteroatoms. The SMILES string of the molecule is NC(=O)CCC(NS(=O)(=O)CCCC(F)(F)F)C(=O)O. The molecule has 0 saturated heterocycles. The number of halogens is 3. The van der Waals surface area contributed by atoms with E-state index >= 15 is 0 Å². The van der Waals surface area contributed by atoms with Crippen molar-refractivity contribution in [3.63, 3.8) is 0 Å². The van der Waals surface area contributed by atoms with Crippen molar-refractivity contribution >= 4 is 21.9 Å². The number of aliphatic carboxylic acids is 1. The Kier molecular flexibility index (Phi) is 6.92. The van der Waals surface area contributed by atoms with E-state index in [2.05, 4.69) is 0 Å². The number of carboxylic acids is 1. The Morgan fingerprint density at radius 3 is 2.25 bits per heavy atom. The van der Waals surface area contributed by atoms with Crippen molar-refractivity contribution in [3.8, 4) is 0 Å². The van der Waals surface area contributed by atoms with Crippen LogP contribution in [0, 0.1) is 0 Å². The van der Waals surface area contributed by atoms with E-state index in [4.69, 9.17) is 10.8 Å². The number of rotatable bonds is 9. The first kappa shape index (κ1) is 18.6. The minimum Gasteiger partial charge on any atom is -0.480 e. The van der Waals surface area contributed by atoms with E-state index in [1.807, 2.05) is 0 Å². The number of sulfonamides is 1. The van der Waals surface area contributed by atoms with Gasteiger partial charge in [0.05, 0.1) is 5.75 Å². The van der Waals surface area contributed by atoms with Gasteiger partial charge in [0.2, 0.25) is 15.9 Å². The van der Waals surface area contributed by atoms with Crippen molar-refractivity contribution in [1.29, 1.82) is 0 Å². The topological polar surface area (TPSA) is 127 Å². The van der Waals surface area contributed by atoms with Gasteiger partial charge >= 0.3 is 12.1 Å². The summed E-state index contributed by atoms with van der Waals surface area (Å²) in [6.45, 7) is 0. The number of alkyl halides is 3. The molecule has 7 nitrogen and oxygen atoms in total. The minimum absolute atomic E-state index is 0.359. The zero-order valence-corrected chi connectivity index (χ0v) is 11.1. The van der Waals surface area contributed by atoms with E-state index in [-0.39, 0.29) is 12.8 Å². The Balaban J connectivity index is 4.45. The van der Waals surface area contributed by atoms with Gasteiger partial charge in [-0.1, -0.05) is 0 Å². The molecule has 0 aliphatic rings. The van der Waals surface area contributed by atoms with Crippen LogP contribution in [0.5, 0.6) is 0 Å². The monoisotopic (exact) mass is 320 g/mol. The lowest BCUT2D eigenvalue weighted by Crippen LogP contribution is -2.42. The maximum Gasteiger partial charge on any atom is 0.389 e. The Morgan fingerprint density at radius 1 is 1.30 bits per heavy atom. The molecule has 1 amide bonds. The lowest BCUT2D eigenvalue weighted by Gasteiger charge is -2.14. The first-order valence-electron chi connectivity index (χ1n) is 5.51. The zero-order valence-electron chi connectivity index (χ0n) is 10.3. The molecule has 0 spiro atoms. The molecule has 0 heterocycles. The fraction of sp³-hybridized carbons (Fsp3) is 0.778. The first-order chi connectivity index (χ1) is 8.93. The summed E-state index contributed by atoms with van der Waals surface area (Å²) >= 11 is 0. The van der Waals surface area contributed by atoms with Crippen molar-refractivity contribution in [2.45, 2.75) is 37.9 Å². The number of hydrogen-bond acceptors (Lipinski definition) is 4. The van der Waals surface area contributed by atoms with Crippen LogP contribution >= 0.6 is 0 Å². The molecule has 4 N–H and O–H groups in total. The number of carbonyl (C=O) groups excluding carboxylic acids is 1. The summed E-state index contributed by atoms with van der Waals surface area (Å²) in [6, 6.07) is -1.60. The van der Waals surface area contributed by atoms with Crippen LogP contribution in [0.1, 0.15) is 25.7 Å². The smallest absolute Gasteiger partial charge is 0.389 e. The van der Waals surface area contributed by atoms with E-state index in [1.165, 1.54) is 0 Å². The number of carboxylic acid groups (broad SMARTS) is 1. The number of amides is 1. The fourth-order valence-electron chi connectivity index (χ4n) is 1.26. The highest BCUT2D eigenvalue weighted by Crippen LogP contribution is 2.21. The standard InChI is InChI=1S/C9H15F3N2O5S/c10-9(11,12)4-1-5-20(18,19)14-6(8(16)17)2-3-7(13)15/h6,14H,1-5H2,(H2,13,15)(H,16,17). The minimum atomic E-state index is -4.48. The number of hydrogen-bond donors (Lipinski definition) is 3. The van der Waals surface area contributed by atoms with Gasteiger partial charge < -0.3 is 10.8 Å². The molecule has 0 aliphatic heterocycles. The van der Waals surface area contributed by atoms with Crippen molar-refractivity contribution in [1.82, 2.24) is 4.72 Å². The maximum absolute atomic E-state index is 11.9. The Bertz CT molecular complexity index is 449. The highest BCUT2D eigenvalue weighted by atomic mass is 32.2. The molecule has 118 valence electrons. The summed E-state index contributed by atoms with van der Waals surface area (Å²) in [4.78, 5) is 21.3. The summed E-state index contributed by atoms with van der Waals surface area (Å²) in [7, 11) is -4.18.